The third kappa shape index (κ3) is 1.69. The molecular formula is C7H14O6. The predicted molar refractivity (Wildman–Crippen MR) is 40.6 cm³/mol. The Morgan fingerprint density at radius 3 is 2.31 bits per heavy atom. The van der Waals surface area contributed by atoms with Crippen molar-refractivity contribution in [2.75, 3.05) is 6.61 Å². The van der Waals surface area contributed by atoms with Gasteiger partial charge in [-0.1, -0.05) is 0 Å². The summed E-state index contributed by atoms with van der Waals surface area (Å²) in [5.74, 6) is 0. The van der Waals surface area contributed by atoms with E-state index in [0.29, 0.717) is 0 Å². The zero-order chi connectivity index (χ0) is 10.2. The first-order valence-electron chi connectivity index (χ1n) is 3.94. The maximum Gasteiger partial charge on any atom is 0.186 e. The Bertz CT molecular complexity index is 182. The van der Waals surface area contributed by atoms with Gasteiger partial charge in [0.25, 0.3) is 0 Å². The van der Waals surface area contributed by atoms with Crippen LogP contribution in [-0.4, -0.2) is 62.3 Å². The van der Waals surface area contributed by atoms with E-state index in [0.717, 1.165) is 6.92 Å². The molecule has 13 heavy (non-hydrogen) atoms. The minimum absolute atomic E-state index is 0.536. The van der Waals surface area contributed by atoms with Gasteiger partial charge in [0, 0.05) is 0 Å². The minimum atomic E-state index is -1.93. The first-order valence-corrected chi connectivity index (χ1v) is 3.94. The van der Waals surface area contributed by atoms with Gasteiger partial charge in [0.2, 0.25) is 0 Å². The van der Waals surface area contributed by atoms with E-state index in [1.54, 1.807) is 0 Å². The smallest absolute Gasteiger partial charge is 0.186 e. The molecule has 1 fully saturated rings. The second-order valence-corrected chi connectivity index (χ2v) is 3.37. The molecule has 6 heteroatoms. The zero-order valence-corrected chi connectivity index (χ0v) is 7.16. The Kier molecular flexibility index (Phi) is 2.91. The van der Waals surface area contributed by atoms with E-state index in [1.807, 2.05) is 0 Å². The van der Waals surface area contributed by atoms with E-state index >= 15 is 0 Å². The molecule has 1 heterocycles. The molecule has 0 amide bonds. The van der Waals surface area contributed by atoms with Crippen LogP contribution >= 0.6 is 0 Å². The number of hydrogen-bond donors (Lipinski definition) is 5. The lowest BCUT2D eigenvalue weighted by Gasteiger charge is -2.43. The zero-order valence-electron chi connectivity index (χ0n) is 7.16. The molecule has 0 aromatic heterocycles. The Morgan fingerprint density at radius 1 is 1.31 bits per heavy atom. The molecule has 1 aliphatic rings. The number of ether oxygens (including phenoxy) is 1. The van der Waals surface area contributed by atoms with Crippen LogP contribution in [0.3, 0.4) is 0 Å². The van der Waals surface area contributed by atoms with Crippen LogP contribution in [0.15, 0.2) is 0 Å². The van der Waals surface area contributed by atoms with Crippen LogP contribution in [0.1, 0.15) is 6.92 Å². The topological polar surface area (TPSA) is 110 Å². The average Bonchev–Trinajstić information content (AvgIpc) is 2.09. The maximum absolute atomic E-state index is 9.43. The SMILES string of the molecule is C[C@]1(O)[C@@H](O)O[C@H](CO)[C@@H](O)[C@@H]1O. The highest BCUT2D eigenvalue weighted by Crippen LogP contribution is 2.27. The predicted octanol–water partition coefficient (Wildman–Crippen LogP) is -2.83. The maximum atomic E-state index is 9.43. The van der Waals surface area contributed by atoms with Crippen LogP contribution in [0.2, 0.25) is 0 Å². The Morgan fingerprint density at radius 2 is 1.85 bits per heavy atom. The molecule has 78 valence electrons. The Labute approximate surface area is 75.0 Å². The van der Waals surface area contributed by atoms with Crippen molar-refractivity contribution in [3.05, 3.63) is 0 Å². The molecule has 0 aromatic carbocycles. The van der Waals surface area contributed by atoms with Crippen LogP contribution in [0, 0.1) is 0 Å². The standard InChI is InChI=1S/C7H14O6/c1-7(12)5(10)4(9)3(2-8)13-6(7)11/h3-6,8-12H,2H2,1H3/t3-,4-,5+,6+,7-/m1/s1. The summed E-state index contributed by atoms with van der Waals surface area (Å²) in [6, 6.07) is 0. The van der Waals surface area contributed by atoms with E-state index in [9.17, 15) is 20.4 Å². The monoisotopic (exact) mass is 194 g/mol. The lowest BCUT2D eigenvalue weighted by Crippen LogP contribution is -2.65. The van der Waals surface area contributed by atoms with Crippen molar-refractivity contribution in [2.45, 2.75) is 37.1 Å². The van der Waals surface area contributed by atoms with Gasteiger partial charge in [-0.2, -0.15) is 0 Å². The first-order chi connectivity index (χ1) is 5.91. The molecule has 1 saturated heterocycles. The van der Waals surface area contributed by atoms with Gasteiger partial charge >= 0.3 is 0 Å². The lowest BCUT2D eigenvalue weighted by molar-refractivity contribution is -0.323. The summed E-state index contributed by atoms with van der Waals surface area (Å²) in [5.41, 5.74) is -1.93. The second kappa shape index (κ2) is 3.49. The Hall–Kier alpha value is -0.240. The molecule has 1 rings (SSSR count). The van der Waals surface area contributed by atoms with Gasteiger partial charge < -0.3 is 30.3 Å². The summed E-state index contributed by atoms with van der Waals surface area (Å²) in [7, 11) is 0. The van der Waals surface area contributed by atoms with Crippen LogP contribution in [0.5, 0.6) is 0 Å². The molecule has 6 nitrogen and oxygen atoms in total. The van der Waals surface area contributed by atoms with Gasteiger partial charge in [0.1, 0.15) is 23.9 Å². The van der Waals surface area contributed by atoms with Gasteiger partial charge in [-0.25, -0.2) is 0 Å². The highest BCUT2D eigenvalue weighted by Gasteiger charge is 2.50. The number of rotatable bonds is 1. The van der Waals surface area contributed by atoms with Crippen molar-refractivity contribution in [1.29, 1.82) is 0 Å². The van der Waals surface area contributed by atoms with Crippen LogP contribution in [0.4, 0.5) is 0 Å². The molecule has 5 atom stereocenters. The third-order valence-electron chi connectivity index (χ3n) is 2.29. The second-order valence-electron chi connectivity index (χ2n) is 3.37. The van der Waals surface area contributed by atoms with E-state index in [1.165, 1.54) is 0 Å². The van der Waals surface area contributed by atoms with Gasteiger partial charge in [0.15, 0.2) is 6.29 Å². The number of aliphatic hydroxyl groups excluding tert-OH is 4. The highest BCUT2D eigenvalue weighted by atomic mass is 16.6. The summed E-state index contributed by atoms with van der Waals surface area (Å²) < 4.78 is 4.68. The van der Waals surface area contributed by atoms with Crippen molar-refractivity contribution in [3.8, 4) is 0 Å². The third-order valence-corrected chi connectivity index (χ3v) is 2.29. The van der Waals surface area contributed by atoms with Crippen LogP contribution in [-0.2, 0) is 4.74 Å². The highest BCUT2D eigenvalue weighted by molar-refractivity contribution is 4.96. The molecule has 0 bridgehead atoms. The summed E-state index contributed by atoms with van der Waals surface area (Å²) in [5, 5.41) is 45.9. The fourth-order valence-electron chi connectivity index (χ4n) is 1.23. The first kappa shape index (κ1) is 10.8. The van der Waals surface area contributed by atoms with E-state index in [-0.39, 0.29) is 0 Å². The van der Waals surface area contributed by atoms with Crippen molar-refractivity contribution in [1.82, 2.24) is 0 Å². The van der Waals surface area contributed by atoms with E-state index in [4.69, 9.17) is 5.11 Å². The summed E-state index contributed by atoms with van der Waals surface area (Å²) in [4.78, 5) is 0. The molecule has 0 spiro atoms. The van der Waals surface area contributed by atoms with Crippen molar-refractivity contribution >= 4 is 0 Å². The molecule has 0 aromatic rings. The number of aliphatic hydroxyl groups is 5. The van der Waals surface area contributed by atoms with Gasteiger partial charge in [-0.3, -0.25) is 0 Å². The van der Waals surface area contributed by atoms with Crippen LogP contribution in [0.25, 0.3) is 0 Å². The summed E-state index contributed by atoms with van der Waals surface area (Å²) >= 11 is 0. The van der Waals surface area contributed by atoms with Crippen LogP contribution < -0.4 is 0 Å². The van der Waals surface area contributed by atoms with E-state index in [2.05, 4.69) is 4.74 Å². The molecular weight excluding hydrogens is 180 g/mol. The quantitative estimate of drug-likeness (QED) is 0.308. The fourth-order valence-corrected chi connectivity index (χ4v) is 1.23. The molecule has 0 aliphatic carbocycles. The van der Waals surface area contributed by atoms with Crippen molar-refractivity contribution in [2.24, 2.45) is 0 Å². The molecule has 0 radical (unpaired) electrons. The summed E-state index contributed by atoms with van der Waals surface area (Å²) in [6.45, 7) is 0.602. The van der Waals surface area contributed by atoms with Crippen molar-refractivity contribution in [3.63, 3.8) is 0 Å². The molecule has 0 unspecified atom stereocenters. The fraction of sp³-hybridized carbons (Fsp3) is 1.00. The molecule has 0 saturated carbocycles. The van der Waals surface area contributed by atoms with E-state index < -0.39 is 36.8 Å². The van der Waals surface area contributed by atoms with Gasteiger partial charge in [-0.15, -0.1) is 0 Å². The molecule has 5 N–H and O–H groups in total. The Balaban J connectivity index is 2.79. The average molecular weight is 194 g/mol. The van der Waals surface area contributed by atoms with Crippen molar-refractivity contribution < 1.29 is 30.3 Å². The summed E-state index contributed by atoms with van der Waals surface area (Å²) in [6.07, 6.45) is -5.66. The largest absolute Gasteiger partial charge is 0.394 e. The van der Waals surface area contributed by atoms with Gasteiger partial charge in [0.05, 0.1) is 6.61 Å². The normalized spacial score (nSPS) is 52.2. The minimum Gasteiger partial charge on any atom is -0.394 e. The molecule has 1 aliphatic heterocycles. The van der Waals surface area contributed by atoms with Gasteiger partial charge in [-0.05, 0) is 6.92 Å². The number of hydrogen-bond acceptors (Lipinski definition) is 6. The lowest BCUT2D eigenvalue weighted by atomic mass is 9.88.